The lowest BCUT2D eigenvalue weighted by Crippen LogP contribution is -2.33. The maximum atomic E-state index is 12.5. The first kappa shape index (κ1) is 16.8. The van der Waals surface area contributed by atoms with E-state index < -0.39 is 5.97 Å². The van der Waals surface area contributed by atoms with Crippen LogP contribution in [0.15, 0.2) is 16.7 Å². The lowest BCUT2D eigenvalue weighted by molar-refractivity contribution is 0.0702. The number of fused-ring (bicyclic) bond motifs is 1. The number of rotatable bonds is 5. The van der Waals surface area contributed by atoms with Crippen LogP contribution in [0.1, 0.15) is 64.0 Å². The van der Waals surface area contributed by atoms with E-state index in [2.05, 4.69) is 20.4 Å². The quantitative estimate of drug-likeness (QED) is 0.631. The number of carbonyl (C=O) groups is 2. The van der Waals surface area contributed by atoms with Crippen molar-refractivity contribution in [3.05, 3.63) is 34.4 Å². The Morgan fingerprint density at radius 3 is 2.96 bits per heavy atom. The standard InChI is InChI=1S/C17H18N4O4S/c1-2-14-20-16(25-21-14)8-3-4-9(5-8)18-15(22)11-7-12-10(19-11)6-13(26-12)17(23)24/h6-9,19H,2-5H2,1H3,(H,18,22)(H,23,24). The number of amides is 1. The molecule has 8 nitrogen and oxygen atoms in total. The summed E-state index contributed by atoms with van der Waals surface area (Å²) in [5, 5.41) is 16.0. The second-order valence-electron chi connectivity index (χ2n) is 6.46. The molecule has 9 heteroatoms. The molecule has 2 atom stereocenters. The largest absolute Gasteiger partial charge is 0.477 e. The van der Waals surface area contributed by atoms with E-state index in [0.717, 1.165) is 41.7 Å². The van der Waals surface area contributed by atoms with Crippen molar-refractivity contribution in [3.8, 4) is 0 Å². The second-order valence-corrected chi connectivity index (χ2v) is 7.54. The summed E-state index contributed by atoms with van der Waals surface area (Å²) in [7, 11) is 0. The summed E-state index contributed by atoms with van der Waals surface area (Å²) < 4.78 is 6.07. The highest BCUT2D eigenvalue weighted by atomic mass is 32.1. The number of aromatic amines is 1. The second kappa shape index (κ2) is 6.56. The first-order valence-corrected chi connectivity index (χ1v) is 9.34. The minimum absolute atomic E-state index is 0.0559. The summed E-state index contributed by atoms with van der Waals surface area (Å²) in [5.41, 5.74) is 1.11. The van der Waals surface area contributed by atoms with Gasteiger partial charge in [0.05, 0.1) is 10.2 Å². The Labute approximate surface area is 152 Å². The van der Waals surface area contributed by atoms with Crippen LogP contribution >= 0.6 is 11.3 Å². The van der Waals surface area contributed by atoms with Crippen LogP contribution in [0.3, 0.4) is 0 Å². The molecule has 0 bridgehead atoms. The van der Waals surface area contributed by atoms with Crippen LogP contribution in [0.2, 0.25) is 0 Å². The monoisotopic (exact) mass is 374 g/mol. The van der Waals surface area contributed by atoms with E-state index in [1.807, 2.05) is 6.92 Å². The van der Waals surface area contributed by atoms with Crippen molar-refractivity contribution in [1.82, 2.24) is 20.4 Å². The Morgan fingerprint density at radius 1 is 1.42 bits per heavy atom. The van der Waals surface area contributed by atoms with Crippen molar-refractivity contribution in [2.75, 3.05) is 0 Å². The zero-order valence-corrected chi connectivity index (χ0v) is 14.9. The Hall–Kier alpha value is -2.68. The number of carboxylic acids is 1. The Morgan fingerprint density at radius 2 is 2.27 bits per heavy atom. The molecule has 1 amide bonds. The maximum Gasteiger partial charge on any atom is 0.345 e. The van der Waals surface area contributed by atoms with Crippen LogP contribution in [0, 0.1) is 0 Å². The van der Waals surface area contributed by atoms with Crippen molar-refractivity contribution in [2.45, 2.75) is 44.6 Å². The molecule has 3 N–H and O–H groups in total. The third-order valence-corrected chi connectivity index (χ3v) is 5.75. The summed E-state index contributed by atoms with van der Waals surface area (Å²) in [5.74, 6) is 0.392. The van der Waals surface area contributed by atoms with Gasteiger partial charge in [-0.05, 0) is 31.4 Å². The normalized spacial score (nSPS) is 19.9. The molecule has 1 saturated carbocycles. The van der Waals surface area contributed by atoms with Crippen LogP contribution in [0.25, 0.3) is 10.2 Å². The summed E-state index contributed by atoms with van der Waals surface area (Å²) >= 11 is 1.15. The average Bonchev–Trinajstić information content (AvgIpc) is 3.36. The van der Waals surface area contributed by atoms with Gasteiger partial charge in [0.2, 0.25) is 5.89 Å². The number of carbonyl (C=O) groups excluding carboxylic acids is 1. The molecular formula is C17H18N4O4S. The van der Waals surface area contributed by atoms with Gasteiger partial charge in [-0.25, -0.2) is 4.79 Å². The van der Waals surface area contributed by atoms with E-state index in [9.17, 15) is 9.59 Å². The van der Waals surface area contributed by atoms with Gasteiger partial charge in [-0.2, -0.15) is 4.98 Å². The van der Waals surface area contributed by atoms with Gasteiger partial charge in [0.15, 0.2) is 5.82 Å². The molecule has 4 rings (SSSR count). The van der Waals surface area contributed by atoms with E-state index in [1.165, 1.54) is 0 Å². The lowest BCUT2D eigenvalue weighted by Gasteiger charge is -2.11. The highest BCUT2D eigenvalue weighted by Crippen LogP contribution is 2.34. The van der Waals surface area contributed by atoms with Gasteiger partial charge in [-0.15, -0.1) is 11.3 Å². The number of hydrogen-bond donors (Lipinski definition) is 3. The van der Waals surface area contributed by atoms with Gasteiger partial charge < -0.3 is 19.9 Å². The van der Waals surface area contributed by atoms with E-state index in [4.69, 9.17) is 9.63 Å². The molecule has 2 unspecified atom stereocenters. The minimum atomic E-state index is -0.963. The topological polar surface area (TPSA) is 121 Å². The molecule has 1 aliphatic rings. The molecule has 0 radical (unpaired) electrons. The summed E-state index contributed by atoms with van der Waals surface area (Å²) in [6.45, 7) is 1.98. The molecule has 0 aliphatic heterocycles. The molecule has 136 valence electrons. The highest BCUT2D eigenvalue weighted by molar-refractivity contribution is 7.20. The molecule has 0 aromatic carbocycles. The van der Waals surface area contributed by atoms with Gasteiger partial charge >= 0.3 is 5.97 Å². The molecular weight excluding hydrogens is 356 g/mol. The molecule has 0 spiro atoms. The summed E-state index contributed by atoms with van der Waals surface area (Å²) in [6.07, 6.45) is 3.27. The third kappa shape index (κ3) is 3.10. The van der Waals surface area contributed by atoms with E-state index in [0.29, 0.717) is 22.9 Å². The van der Waals surface area contributed by atoms with E-state index in [-0.39, 0.29) is 22.7 Å². The highest BCUT2D eigenvalue weighted by Gasteiger charge is 2.31. The lowest BCUT2D eigenvalue weighted by atomic mass is 10.1. The first-order chi connectivity index (χ1) is 12.5. The van der Waals surface area contributed by atoms with Gasteiger partial charge in [0.25, 0.3) is 5.91 Å². The maximum absolute atomic E-state index is 12.5. The Bertz CT molecular complexity index is 941. The SMILES string of the molecule is CCc1noc(C2CCC(NC(=O)c3cc4sc(C(=O)O)cc4[nH]3)C2)n1. The fourth-order valence-corrected chi connectivity index (χ4v) is 4.22. The summed E-state index contributed by atoms with van der Waals surface area (Å²) in [4.78, 5) is 31.1. The van der Waals surface area contributed by atoms with Crippen molar-refractivity contribution < 1.29 is 19.2 Å². The van der Waals surface area contributed by atoms with Gasteiger partial charge in [-0.3, -0.25) is 4.79 Å². The number of aromatic carboxylic acids is 1. The first-order valence-electron chi connectivity index (χ1n) is 8.52. The molecule has 3 heterocycles. The Kier molecular flexibility index (Phi) is 4.23. The number of nitrogens with one attached hydrogen (secondary N) is 2. The summed E-state index contributed by atoms with van der Waals surface area (Å²) in [6, 6.07) is 3.30. The molecule has 1 aliphatic carbocycles. The number of aryl methyl sites for hydroxylation is 1. The predicted molar refractivity (Wildman–Crippen MR) is 94.7 cm³/mol. The van der Waals surface area contributed by atoms with Gasteiger partial charge in [-0.1, -0.05) is 12.1 Å². The number of aromatic nitrogens is 3. The molecule has 1 fully saturated rings. The van der Waals surface area contributed by atoms with Crippen molar-refractivity contribution in [2.24, 2.45) is 0 Å². The number of thiophene rings is 1. The van der Waals surface area contributed by atoms with Gasteiger partial charge in [0.1, 0.15) is 10.6 Å². The smallest absolute Gasteiger partial charge is 0.345 e. The zero-order valence-electron chi connectivity index (χ0n) is 14.1. The number of H-pyrrole nitrogens is 1. The molecule has 3 aromatic rings. The average molecular weight is 374 g/mol. The fourth-order valence-electron chi connectivity index (χ4n) is 3.33. The van der Waals surface area contributed by atoms with Crippen LogP contribution in [-0.4, -0.2) is 38.1 Å². The number of hydrogen-bond acceptors (Lipinski definition) is 6. The van der Waals surface area contributed by atoms with Crippen LogP contribution in [0.4, 0.5) is 0 Å². The fraction of sp³-hybridized carbons (Fsp3) is 0.412. The van der Waals surface area contributed by atoms with Crippen LogP contribution in [0.5, 0.6) is 0 Å². The molecule has 26 heavy (non-hydrogen) atoms. The minimum Gasteiger partial charge on any atom is -0.477 e. The van der Waals surface area contributed by atoms with Gasteiger partial charge in [0, 0.05) is 18.4 Å². The van der Waals surface area contributed by atoms with E-state index >= 15 is 0 Å². The Balaban J connectivity index is 1.40. The third-order valence-electron chi connectivity index (χ3n) is 4.68. The van der Waals surface area contributed by atoms with Crippen LogP contribution in [-0.2, 0) is 6.42 Å². The predicted octanol–water partition coefficient (Wildman–Crippen LogP) is 2.94. The van der Waals surface area contributed by atoms with Crippen molar-refractivity contribution >= 4 is 33.4 Å². The molecule has 3 aromatic heterocycles. The molecule has 0 saturated heterocycles. The number of carboxylic acid groups (broad SMARTS) is 1. The number of nitrogens with zero attached hydrogens (tertiary/aromatic N) is 2. The van der Waals surface area contributed by atoms with E-state index in [1.54, 1.807) is 12.1 Å². The van der Waals surface area contributed by atoms with Crippen LogP contribution < -0.4 is 5.32 Å². The van der Waals surface area contributed by atoms with Crippen molar-refractivity contribution in [3.63, 3.8) is 0 Å². The van der Waals surface area contributed by atoms with Crippen molar-refractivity contribution in [1.29, 1.82) is 0 Å². The zero-order chi connectivity index (χ0) is 18.3.